The molecule has 1 amide bonds. The molecule has 0 aliphatic heterocycles. The SMILES string of the molecule is CC(=O)NCCC#Cc1cc(F)ccc1CC(=O)O. The molecular weight excluding hydrogens is 249 g/mol. The van der Waals surface area contributed by atoms with Crippen molar-refractivity contribution in [1.29, 1.82) is 0 Å². The number of carbonyl (C=O) groups is 2. The molecule has 4 nitrogen and oxygen atoms in total. The number of amides is 1. The Morgan fingerprint density at radius 1 is 1.42 bits per heavy atom. The molecule has 5 heteroatoms. The minimum atomic E-state index is -0.993. The molecule has 0 atom stereocenters. The van der Waals surface area contributed by atoms with Crippen molar-refractivity contribution in [3.63, 3.8) is 0 Å². The predicted molar refractivity (Wildman–Crippen MR) is 67.9 cm³/mol. The van der Waals surface area contributed by atoms with Crippen molar-refractivity contribution in [2.75, 3.05) is 6.54 Å². The van der Waals surface area contributed by atoms with Crippen LogP contribution in [0.1, 0.15) is 24.5 Å². The number of benzene rings is 1. The second-order valence-electron chi connectivity index (χ2n) is 3.91. The first-order valence-electron chi connectivity index (χ1n) is 5.72. The summed E-state index contributed by atoms with van der Waals surface area (Å²) in [5, 5.41) is 11.3. The number of carbonyl (C=O) groups excluding carboxylic acids is 1. The topological polar surface area (TPSA) is 66.4 Å². The number of carboxylic acids is 1. The minimum Gasteiger partial charge on any atom is -0.481 e. The van der Waals surface area contributed by atoms with Crippen LogP contribution in [-0.4, -0.2) is 23.5 Å². The number of carboxylic acid groups (broad SMARTS) is 1. The number of hydrogen-bond donors (Lipinski definition) is 2. The molecule has 0 saturated carbocycles. The van der Waals surface area contributed by atoms with Crippen LogP contribution < -0.4 is 5.32 Å². The highest BCUT2D eigenvalue weighted by atomic mass is 19.1. The Bertz CT molecular complexity index is 543. The van der Waals surface area contributed by atoms with Gasteiger partial charge in [0.25, 0.3) is 0 Å². The van der Waals surface area contributed by atoms with Gasteiger partial charge in [0, 0.05) is 25.5 Å². The first-order valence-corrected chi connectivity index (χ1v) is 5.72. The fourth-order valence-corrected chi connectivity index (χ4v) is 1.44. The summed E-state index contributed by atoms with van der Waals surface area (Å²) in [5.41, 5.74) is 0.839. The fraction of sp³-hybridized carbons (Fsp3) is 0.286. The fourth-order valence-electron chi connectivity index (χ4n) is 1.44. The maximum atomic E-state index is 13.1. The van der Waals surface area contributed by atoms with E-state index in [-0.39, 0.29) is 12.3 Å². The van der Waals surface area contributed by atoms with E-state index in [1.807, 2.05) is 0 Å². The molecule has 0 saturated heterocycles. The average molecular weight is 263 g/mol. The van der Waals surface area contributed by atoms with Crippen LogP contribution in [-0.2, 0) is 16.0 Å². The molecule has 0 spiro atoms. The van der Waals surface area contributed by atoms with Crippen molar-refractivity contribution >= 4 is 11.9 Å². The van der Waals surface area contributed by atoms with Crippen molar-refractivity contribution in [2.24, 2.45) is 0 Å². The molecule has 1 rings (SSSR count). The highest BCUT2D eigenvalue weighted by Gasteiger charge is 2.06. The lowest BCUT2D eigenvalue weighted by atomic mass is 10.0. The molecule has 2 N–H and O–H groups in total. The zero-order valence-electron chi connectivity index (χ0n) is 10.5. The van der Waals surface area contributed by atoms with Crippen molar-refractivity contribution < 1.29 is 19.1 Å². The second kappa shape index (κ2) is 7.17. The van der Waals surface area contributed by atoms with E-state index in [9.17, 15) is 14.0 Å². The first kappa shape index (κ1) is 14.7. The molecule has 0 unspecified atom stereocenters. The molecule has 19 heavy (non-hydrogen) atoms. The maximum absolute atomic E-state index is 13.1. The summed E-state index contributed by atoms with van der Waals surface area (Å²) in [6.07, 6.45) is 0.221. The summed E-state index contributed by atoms with van der Waals surface area (Å²) in [4.78, 5) is 21.3. The number of aliphatic carboxylic acids is 1. The van der Waals surface area contributed by atoms with Gasteiger partial charge in [-0.05, 0) is 17.7 Å². The molecule has 0 fully saturated rings. The Morgan fingerprint density at radius 3 is 2.79 bits per heavy atom. The monoisotopic (exact) mass is 263 g/mol. The van der Waals surface area contributed by atoms with E-state index in [0.717, 1.165) is 0 Å². The summed E-state index contributed by atoms with van der Waals surface area (Å²) in [6, 6.07) is 3.84. The second-order valence-corrected chi connectivity index (χ2v) is 3.91. The summed E-state index contributed by atoms with van der Waals surface area (Å²) in [6.45, 7) is 1.82. The van der Waals surface area contributed by atoms with Crippen LogP contribution in [0, 0.1) is 17.7 Å². The third-order valence-corrected chi connectivity index (χ3v) is 2.26. The first-order chi connectivity index (χ1) is 8.99. The number of rotatable bonds is 4. The van der Waals surface area contributed by atoms with Crippen LogP contribution in [0.3, 0.4) is 0 Å². The zero-order valence-corrected chi connectivity index (χ0v) is 10.5. The number of hydrogen-bond acceptors (Lipinski definition) is 2. The molecule has 0 heterocycles. The Kier molecular flexibility index (Phi) is 5.55. The highest BCUT2D eigenvalue weighted by Crippen LogP contribution is 2.11. The van der Waals surface area contributed by atoms with Gasteiger partial charge in [-0.15, -0.1) is 0 Å². The van der Waals surface area contributed by atoms with E-state index in [4.69, 9.17) is 5.11 Å². The summed E-state index contributed by atoms with van der Waals surface area (Å²) >= 11 is 0. The van der Waals surface area contributed by atoms with Crippen LogP contribution in [0.15, 0.2) is 18.2 Å². The van der Waals surface area contributed by atoms with Crippen LogP contribution in [0.5, 0.6) is 0 Å². The van der Waals surface area contributed by atoms with Gasteiger partial charge in [0.1, 0.15) is 5.82 Å². The van der Waals surface area contributed by atoms with Crippen molar-refractivity contribution in [3.8, 4) is 11.8 Å². The Balaban J connectivity index is 2.75. The van der Waals surface area contributed by atoms with Crippen LogP contribution in [0.4, 0.5) is 4.39 Å². The molecule has 0 aromatic heterocycles. The zero-order chi connectivity index (χ0) is 14.3. The van der Waals surface area contributed by atoms with E-state index in [1.165, 1.54) is 25.1 Å². The Labute approximate surface area is 110 Å². The van der Waals surface area contributed by atoms with Gasteiger partial charge in [-0.25, -0.2) is 4.39 Å². The third kappa shape index (κ3) is 5.68. The maximum Gasteiger partial charge on any atom is 0.307 e. The lowest BCUT2D eigenvalue weighted by Gasteiger charge is -2.01. The Morgan fingerprint density at radius 2 is 2.16 bits per heavy atom. The van der Waals surface area contributed by atoms with Crippen LogP contribution >= 0.6 is 0 Å². The standard InChI is InChI=1S/C14H14FNO3/c1-10(17)16-7-3-2-4-11-8-13(15)6-5-12(11)9-14(18)19/h5-6,8H,3,7,9H2,1H3,(H,16,17)(H,18,19). The van der Waals surface area contributed by atoms with Crippen LogP contribution in [0.25, 0.3) is 0 Å². The molecule has 0 bridgehead atoms. The van der Waals surface area contributed by atoms with Gasteiger partial charge in [0.2, 0.25) is 5.91 Å². The van der Waals surface area contributed by atoms with E-state index in [0.29, 0.717) is 24.1 Å². The number of halogens is 1. The molecule has 0 radical (unpaired) electrons. The molecular formula is C14H14FNO3. The van der Waals surface area contributed by atoms with Crippen LogP contribution in [0.2, 0.25) is 0 Å². The Hall–Kier alpha value is -2.35. The smallest absolute Gasteiger partial charge is 0.307 e. The molecule has 1 aromatic carbocycles. The number of nitrogens with one attached hydrogen (secondary N) is 1. The van der Waals surface area contributed by atoms with E-state index in [1.54, 1.807) is 0 Å². The van der Waals surface area contributed by atoms with Gasteiger partial charge in [0.05, 0.1) is 6.42 Å². The van der Waals surface area contributed by atoms with E-state index in [2.05, 4.69) is 17.2 Å². The van der Waals surface area contributed by atoms with Gasteiger partial charge in [0.15, 0.2) is 0 Å². The van der Waals surface area contributed by atoms with Gasteiger partial charge < -0.3 is 10.4 Å². The highest BCUT2D eigenvalue weighted by molar-refractivity contribution is 5.72. The summed E-state index contributed by atoms with van der Waals surface area (Å²) in [7, 11) is 0. The molecule has 100 valence electrons. The quantitative estimate of drug-likeness (QED) is 0.636. The van der Waals surface area contributed by atoms with Gasteiger partial charge in [-0.2, -0.15) is 0 Å². The summed E-state index contributed by atoms with van der Waals surface area (Å²) in [5.74, 6) is 3.91. The van der Waals surface area contributed by atoms with Crippen molar-refractivity contribution in [1.82, 2.24) is 5.32 Å². The largest absolute Gasteiger partial charge is 0.481 e. The van der Waals surface area contributed by atoms with Crippen molar-refractivity contribution in [3.05, 3.63) is 35.1 Å². The van der Waals surface area contributed by atoms with Gasteiger partial charge >= 0.3 is 5.97 Å². The lowest BCUT2D eigenvalue weighted by Crippen LogP contribution is -2.20. The third-order valence-electron chi connectivity index (χ3n) is 2.26. The van der Waals surface area contributed by atoms with Crippen molar-refractivity contribution in [2.45, 2.75) is 19.8 Å². The lowest BCUT2D eigenvalue weighted by molar-refractivity contribution is -0.136. The molecule has 0 aliphatic carbocycles. The van der Waals surface area contributed by atoms with E-state index >= 15 is 0 Å². The van der Waals surface area contributed by atoms with E-state index < -0.39 is 11.8 Å². The normalized spacial score (nSPS) is 9.37. The summed E-state index contributed by atoms with van der Waals surface area (Å²) < 4.78 is 13.1. The van der Waals surface area contributed by atoms with Gasteiger partial charge in [-0.3, -0.25) is 9.59 Å². The molecule has 1 aromatic rings. The van der Waals surface area contributed by atoms with Gasteiger partial charge in [-0.1, -0.05) is 17.9 Å². The predicted octanol–water partition coefficient (Wildman–Crippen LogP) is 1.33. The average Bonchev–Trinajstić information content (AvgIpc) is 2.31. The minimum absolute atomic E-state index is 0.140. The molecule has 0 aliphatic rings.